The van der Waals surface area contributed by atoms with E-state index in [1.807, 2.05) is 0 Å². The van der Waals surface area contributed by atoms with Gasteiger partial charge in [-0.25, -0.2) is 13.1 Å². The van der Waals surface area contributed by atoms with E-state index in [1.165, 1.54) is 24.5 Å². The first-order chi connectivity index (χ1) is 12.4. The molecule has 3 aromatic rings. The molecule has 0 aliphatic heterocycles. The number of hydrogen-bond donors (Lipinski definition) is 1. The largest absolute Gasteiger partial charge is 0.468 e. The van der Waals surface area contributed by atoms with Crippen LogP contribution in [0.25, 0.3) is 11.1 Å². The van der Waals surface area contributed by atoms with Crippen LogP contribution in [0.1, 0.15) is 11.3 Å². The minimum atomic E-state index is -3.68. The summed E-state index contributed by atoms with van der Waals surface area (Å²) in [5.74, 6) is 0.511. The fourth-order valence-electron chi connectivity index (χ4n) is 2.47. The van der Waals surface area contributed by atoms with Crippen molar-refractivity contribution in [1.29, 1.82) is 0 Å². The molecule has 0 fully saturated rings. The molecule has 0 saturated carbocycles. The SMILES string of the molecule is Cc1ccc(-c2ccc(S(=O)(=O)NCc3ccco3)cc2)cc1[N+](=O)[O-]. The Bertz CT molecular complexity index is 1030. The van der Waals surface area contributed by atoms with Gasteiger partial charge < -0.3 is 4.42 Å². The normalized spacial score (nSPS) is 11.4. The quantitative estimate of drug-likeness (QED) is 0.526. The average molecular weight is 372 g/mol. The van der Waals surface area contributed by atoms with E-state index in [2.05, 4.69) is 4.72 Å². The lowest BCUT2D eigenvalue weighted by atomic mass is 10.0. The predicted molar refractivity (Wildman–Crippen MR) is 96.0 cm³/mol. The Kier molecular flexibility index (Phi) is 4.88. The van der Waals surface area contributed by atoms with Crippen molar-refractivity contribution >= 4 is 15.7 Å². The summed E-state index contributed by atoms with van der Waals surface area (Å²) in [7, 11) is -3.68. The standard InChI is InChI=1S/C18H16N2O5S/c1-13-4-5-15(11-18(13)20(21)22)14-6-8-17(9-7-14)26(23,24)19-12-16-3-2-10-25-16/h2-11,19H,12H2,1H3. The van der Waals surface area contributed by atoms with Gasteiger partial charge in [-0.2, -0.15) is 0 Å². The van der Waals surface area contributed by atoms with Crippen LogP contribution in [0.15, 0.2) is 70.2 Å². The molecule has 134 valence electrons. The number of sulfonamides is 1. The first kappa shape index (κ1) is 17.8. The van der Waals surface area contributed by atoms with Gasteiger partial charge in [0.15, 0.2) is 0 Å². The molecule has 0 bridgehead atoms. The van der Waals surface area contributed by atoms with E-state index < -0.39 is 14.9 Å². The zero-order valence-corrected chi connectivity index (χ0v) is 14.7. The summed E-state index contributed by atoms with van der Waals surface area (Å²) in [4.78, 5) is 10.7. The van der Waals surface area contributed by atoms with Gasteiger partial charge in [0.05, 0.1) is 22.6 Å². The van der Waals surface area contributed by atoms with Crippen molar-refractivity contribution in [3.8, 4) is 11.1 Å². The van der Waals surface area contributed by atoms with Gasteiger partial charge in [0.2, 0.25) is 10.0 Å². The molecule has 0 unspecified atom stereocenters. The molecule has 0 amide bonds. The average Bonchev–Trinajstić information content (AvgIpc) is 3.14. The van der Waals surface area contributed by atoms with Gasteiger partial charge in [0.25, 0.3) is 5.69 Å². The van der Waals surface area contributed by atoms with Gasteiger partial charge in [-0.1, -0.05) is 24.3 Å². The van der Waals surface area contributed by atoms with Crippen molar-refractivity contribution in [1.82, 2.24) is 4.72 Å². The first-order valence-electron chi connectivity index (χ1n) is 7.74. The van der Waals surface area contributed by atoms with E-state index >= 15 is 0 Å². The maximum Gasteiger partial charge on any atom is 0.272 e. The smallest absolute Gasteiger partial charge is 0.272 e. The zero-order valence-electron chi connectivity index (χ0n) is 13.9. The molecule has 1 aromatic heterocycles. The second-order valence-corrected chi connectivity index (χ2v) is 7.45. The van der Waals surface area contributed by atoms with Gasteiger partial charge in [0.1, 0.15) is 5.76 Å². The molecule has 0 aliphatic rings. The number of nitro groups is 1. The second kappa shape index (κ2) is 7.11. The topological polar surface area (TPSA) is 102 Å². The van der Waals surface area contributed by atoms with Crippen LogP contribution in [-0.4, -0.2) is 13.3 Å². The Labute approximate surface area is 150 Å². The number of aryl methyl sites for hydroxylation is 1. The Balaban J connectivity index is 1.82. The summed E-state index contributed by atoms with van der Waals surface area (Å²) in [6, 6.07) is 14.4. The van der Waals surface area contributed by atoms with Crippen LogP contribution in [0.4, 0.5) is 5.69 Å². The van der Waals surface area contributed by atoms with Crippen LogP contribution in [0, 0.1) is 17.0 Å². The monoisotopic (exact) mass is 372 g/mol. The van der Waals surface area contributed by atoms with Crippen molar-refractivity contribution in [2.75, 3.05) is 0 Å². The van der Waals surface area contributed by atoms with E-state index in [0.29, 0.717) is 22.5 Å². The van der Waals surface area contributed by atoms with Crippen LogP contribution in [0.2, 0.25) is 0 Å². The number of rotatable bonds is 6. The lowest BCUT2D eigenvalue weighted by Gasteiger charge is -2.07. The highest BCUT2D eigenvalue weighted by atomic mass is 32.2. The molecular formula is C18H16N2O5S. The zero-order chi connectivity index (χ0) is 18.7. The van der Waals surface area contributed by atoms with Gasteiger partial charge in [0, 0.05) is 11.6 Å². The van der Waals surface area contributed by atoms with Crippen LogP contribution in [0.5, 0.6) is 0 Å². The molecule has 7 nitrogen and oxygen atoms in total. The maximum atomic E-state index is 12.3. The Hall–Kier alpha value is -2.97. The molecule has 3 rings (SSSR count). The molecule has 2 aromatic carbocycles. The number of nitrogens with one attached hydrogen (secondary N) is 1. The van der Waals surface area contributed by atoms with Crippen molar-refractivity contribution in [3.63, 3.8) is 0 Å². The van der Waals surface area contributed by atoms with Gasteiger partial charge >= 0.3 is 0 Å². The number of nitrogens with zero attached hydrogens (tertiary/aromatic N) is 1. The lowest BCUT2D eigenvalue weighted by molar-refractivity contribution is -0.385. The van der Waals surface area contributed by atoms with E-state index in [-0.39, 0.29) is 17.1 Å². The lowest BCUT2D eigenvalue weighted by Crippen LogP contribution is -2.22. The van der Waals surface area contributed by atoms with Crippen LogP contribution in [-0.2, 0) is 16.6 Å². The van der Waals surface area contributed by atoms with E-state index in [0.717, 1.165) is 0 Å². The van der Waals surface area contributed by atoms with E-state index in [1.54, 1.807) is 43.3 Å². The number of nitro benzene ring substituents is 1. The molecule has 26 heavy (non-hydrogen) atoms. The summed E-state index contributed by atoms with van der Waals surface area (Å²) in [5, 5.41) is 11.1. The summed E-state index contributed by atoms with van der Waals surface area (Å²) >= 11 is 0. The third kappa shape index (κ3) is 3.81. The number of furan rings is 1. The minimum absolute atomic E-state index is 0.0271. The third-order valence-corrected chi connectivity index (χ3v) is 5.34. The van der Waals surface area contributed by atoms with Crippen molar-refractivity contribution < 1.29 is 17.8 Å². The molecule has 8 heteroatoms. The molecule has 1 heterocycles. The Morgan fingerprint density at radius 3 is 2.38 bits per heavy atom. The van der Waals surface area contributed by atoms with E-state index in [9.17, 15) is 18.5 Å². The number of benzene rings is 2. The molecule has 0 aliphatic carbocycles. The minimum Gasteiger partial charge on any atom is -0.468 e. The molecule has 0 atom stereocenters. The third-order valence-electron chi connectivity index (χ3n) is 3.92. The molecule has 1 N–H and O–H groups in total. The van der Waals surface area contributed by atoms with Crippen LogP contribution in [0.3, 0.4) is 0 Å². The van der Waals surface area contributed by atoms with Gasteiger partial charge in [-0.05, 0) is 42.3 Å². The molecule has 0 saturated heterocycles. The highest BCUT2D eigenvalue weighted by Gasteiger charge is 2.16. The summed E-state index contributed by atoms with van der Waals surface area (Å²) in [5.41, 5.74) is 1.94. The molecular weight excluding hydrogens is 356 g/mol. The molecule has 0 radical (unpaired) electrons. The van der Waals surface area contributed by atoms with Crippen molar-refractivity contribution in [3.05, 3.63) is 82.3 Å². The van der Waals surface area contributed by atoms with Crippen molar-refractivity contribution in [2.24, 2.45) is 0 Å². The number of hydrogen-bond acceptors (Lipinski definition) is 5. The van der Waals surface area contributed by atoms with Gasteiger partial charge in [-0.15, -0.1) is 0 Å². The fourth-order valence-corrected chi connectivity index (χ4v) is 3.47. The van der Waals surface area contributed by atoms with Gasteiger partial charge in [-0.3, -0.25) is 10.1 Å². The highest BCUT2D eigenvalue weighted by Crippen LogP contribution is 2.27. The van der Waals surface area contributed by atoms with Crippen LogP contribution >= 0.6 is 0 Å². The second-order valence-electron chi connectivity index (χ2n) is 5.69. The fraction of sp³-hybridized carbons (Fsp3) is 0.111. The van der Waals surface area contributed by atoms with Crippen LogP contribution < -0.4 is 4.72 Å². The predicted octanol–water partition coefficient (Wildman–Crippen LogP) is 3.64. The maximum absolute atomic E-state index is 12.3. The van der Waals surface area contributed by atoms with Crippen molar-refractivity contribution in [2.45, 2.75) is 18.4 Å². The summed E-state index contributed by atoms with van der Waals surface area (Å²) in [6.07, 6.45) is 1.47. The summed E-state index contributed by atoms with van der Waals surface area (Å²) in [6.45, 7) is 1.73. The van der Waals surface area contributed by atoms with E-state index in [4.69, 9.17) is 4.42 Å². The first-order valence-corrected chi connectivity index (χ1v) is 9.23. The highest BCUT2D eigenvalue weighted by molar-refractivity contribution is 7.89. The Morgan fingerprint density at radius 2 is 1.77 bits per heavy atom. The summed E-state index contributed by atoms with van der Waals surface area (Å²) < 4.78 is 32.2. The molecule has 0 spiro atoms. The Morgan fingerprint density at radius 1 is 1.08 bits per heavy atom.